The van der Waals surface area contributed by atoms with Gasteiger partial charge in [0, 0.05) is 44.1 Å². The van der Waals surface area contributed by atoms with E-state index in [2.05, 4.69) is 27.2 Å². The summed E-state index contributed by atoms with van der Waals surface area (Å²) in [7, 11) is 0. The molecule has 2 aromatic rings. The lowest BCUT2D eigenvalue weighted by atomic mass is 10.1. The van der Waals surface area contributed by atoms with E-state index < -0.39 is 11.6 Å². The largest absolute Gasteiger partial charge is 0.381 e. The van der Waals surface area contributed by atoms with Gasteiger partial charge in [-0.05, 0) is 42.8 Å². The number of carbonyl (C=O) groups excluding carboxylic acids is 1. The van der Waals surface area contributed by atoms with E-state index in [1.54, 1.807) is 30.3 Å². The number of piperazine rings is 1. The Morgan fingerprint density at radius 1 is 1.33 bits per heavy atom. The third-order valence-corrected chi connectivity index (χ3v) is 4.59. The molecule has 1 aromatic heterocycles. The fourth-order valence-corrected chi connectivity index (χ4v) is 3.01. The summed E-state index contributed by atoms with van der Waals surface area (Å²) >= 11 is 0. The third kappa shape index (κ3) is 5.28. The monoisotopic (exact) mass is 411 g/mol. The highest BCUT2D eigenvalue weighted by molar-refractivity contribution is 6.03. The molecule has 1 amide bonds. The van der Waals surface area contributed by atoms with Gasteiger partial charge in [-0.2, -0.15) is 0 Å². The first-order valence-corrected chi connectivity index (χ1v) is 9.52. The Hall–Kier alpha value is -3.55. The minimum absolute atomic E-state index is 0.110. The van der Waals surface area contributed by atoms with Crippen molar-refractivity contribution in [1.29, 1.82) is 0 Å². The first kappa shape index (κ1) is 21.2. The van der Waals surface area contributed by atoms with E-state index in [9.17, 15) is 13.6 Å². The zero-order valence-electron chi connectivity index (χ0n) is 16.7. The van der Waals surface area contributed by atoms with Gasteiger partial charge in [0.15, 0.2) is 5.84 Å². The van der Waals surface area contributed by atoms with Gasteiger partial charge in [0.1, 0.15) is 17.3 Å². The van der Waals surface area contributed by atoms with Gasteiger partial charge in [-0.25, -0.2) is 13.8 Å². The van der Waals surface area contributed by atoms with Crippen LogP contribution in [0.4, 0.5) is 8.78 Å². The zero-order chi connectivity index (χ0) is 21.5. The highest BCUT2D eigenvalue weighted by Gasteiger charge is 2.22. The Bertz CT molecular complexity index is 988. The number of benzene rings is 1. The number of rotatable bonds is 6. The van der Waals surface area contributed by atoms with Crippen LogP contribution in [0.15, 0.2) is 71.8 Å². The minimum atomic E-state index is -0.511. The number of aromatic nitrogens is 1. The molecule has 8 heteroatoms. The van der Waals surface area contributed by atoms with E-state index in [4.69, 9.17) is 0 Å². The predicted molar refractivity (Wildman–Crippen MR) is 111 cm³/mol. The minimum Gasteiger partial charge on any atom is -0.381 e. The van der Waals surface area contributed by atoms with Gasteiger partial charge in [-0.15, -0.1) is 0 Å². The summed E-state index contributed by atoms with van der Waals surface area (Å²) in [4.78, 5) is 22.8. The second-order valence-electron chi connectivity index (χ2n) is 6.71. The molecule has 6 nitrogen and oxygen atoms in total. The molecule has 0 saturated carbocycles. The molecular formula is C22H23F2N5O. The first-order valence-electron chi connectivity index (χ1n) is 9.52. The van der Waals surface area contributed by atoms with Crippen LogP contribution in [0, 0.1) is 11.6 Å². The molecule has 2 heterocycles. The van der Waals surface area contributed by atoms with Crippen molar-refractivity contribution >= 4 is 11.7 Å². The SMILES string of the molecule is C=C1NCCN(Cc2cc(F)ccc2F)C1=N/C(=C\C)C(=O)NCc1ccncc1. The van der Waals surface area contributed by atoms with Crippen molar-refractivity contribution in [3.8, 4) is 0 Å². The van der Waals surface area contributed by atoms with Gasteiger partial charge >= 0.3 is 0 Å². The third-order valence-electron chi connectivity index (χ3n) is 4.59. The molecular weight excluding hydrogens is 388 g/mol. The van der Waals surface area contributed by atoms with E-state index >= 15 is 0 Å². The van der Waals surface area contributed by atoms with Gasteiger partial charge in [-0.1, -0.05) is 12.7 Å². The molecule has 1 aliphatic rings. The number of halogens is 2. The molecule has 156 valence electrons. The number of pyridine rings is 1. The molecule has 30 heavy (non-hydrogen) atoms. The number of hydrogen-bond acceptors (Lipinski definition) is 4. The Kier molecular flexibility index (Phi) is 6.90. The van der Waals surface area contributed by atoms with Crippen LogP contribution < -0.4 is 10.6 Å². The van der Waals surface area contributed by atoms with E-state index in [1.165, 1.54) is 0 Å². The smallest absolute Gasteiger partial charge is 0.269 e. The van der Waals surface area contributed by atoms with Crippen LogP contribution in [-0.4, -0.2) is 34.7 Å². The van der Waals surface area contributed by atoms with Crippen molar-refractivity contribution in [2.75, 3.05) is 13.1 Å². The molecule has 2 N–H and O–H groups in total. The summed E-state index contributed by atoms with van der Waals surface area (Å²) in [5, 5.41) is 5.91. The standard InChI is InChI=1S/C22H23F2N5O/c1-3-20(22(30)27-13-16-6-8-25-9-7-16)28-21-15(2)26-10-11-29(21)14-17-12-18(23)4-5-19(17)24/h3-9,12,26H,2,10-11,13-14H2,1H3,(H,27,30)/b20-3-,28-21?. The van der Waals surface area contributed by atoms with Crippen molar-refractivity contribution in [2.45, 2.75) is 20.0 Å². The van der Waals surface area contributed by atoms with E-state index in [0.717, 1.165) is 23.8 Å². The molecule has 1 fully saturated rings. The van der Waals surface area contributed by atoms with Crippen molar-refractivity contribution in [3.63, 3.8) is 0 Å². The fourth-order valence-electron chi connectivity index (χ4n) is 3.01. The molecule has 0 bridgehead atoms. The molecule has 0 unspecified atom stereocenters. The van der Waals surface area contributed by atoms with E-state index in [1.807, 2.05) is 12.1 Å². The Morgan fingerprint density at radius 2 is 2.10 bits per heavy atom. The quantitative estimate of drug-likeness (QED) is 0.718. The lowest BCUT2D eigenvalue weighted by molar-refractivity contribution is -0.117. The van der Waals surface area contributed by atoms with Crippen molar-refractivity contribution in [1.82, 2.24) is 20.5 Å². The predicted octanol–water partition coefficient (Wildman–Crippen LogP) is 2.90. The van der Waals surface area contributed by atoms with Crippen molar-refractivity contribution < 1.29 is 13.6 Å². The molecule has 0 spiro atoms. The van der Waals surface area contributed by atoms with Crippen LogP contribution >= 0.6 is 0 Å². The van der Waals surface area contributed by atoms with Gasteiger partial charge in [0.2, 0.25) is 0 Å². The number of allylic oxidation sites excluding steroid dienone is 1. The maximum Gasteiger partial charge on any atom is 0.269 e. The molecule has 0 aliphatic carbocycles. The summed E-state index contributed by atoms with van der Waals surface area (Å²) in [6, 6.07) is 6.96. The molecule has 0 atom stereocenters. The maximum absolute atomic E-state index is 14.1. The summed E-state index contributed by atoms with van der Waals surface area (Å²) < 4.78 is 27.7. The van der Waals surface area contributed by atoms with E-state index in [-0.39, 0.29) is 23.7 Å². The van der Waals surface area contributed by atoms with Crippen molar-refractivity contribution in [2.24, 2.45) is 4.99 Å². The highest BCUT2D eigenvalue weighted by atomic mass is 19.1. The van der Waals surface area contributed by atoms with Gasteiger partial charge in [0.05, 0.1) is 5.70 Å². The summed E-state index contributed by atoms with van der Waals surface area (Å²) in [6.07, 6.45) is 4.90. The number of nitrogens with one attached hydrogen (secondary N) is 2. The van der Waals surface area contributed by atoms with Crippen LogP contribution in [0.1, 0.15) is 18.1 Å². The maximum atomic E-state index is 14.1. The van der Waals surface area contributed by atoms with E-state index in [0.29, 0.717) is 31.2 Å². The topological polar surface area (TPSA) is 69.6 Å². The van der Waals surface area contributed by atoms with Gasteiger partial charge in [0.25, 0.3) is 5.91 Å². The van der Waals surface area contributed by atoms with Crippen LogP contribution in [0.3, 0.4) is 0 Å². The average Bonchev–Trinajstić information content (AvgIpc) is 2.75. The van der Waals surface area contributed by atoms with Crippen LogP contribution in [-0.2, 0) is 17.9 Å². The first-order chi connectivity index (χ1) is 14.5. The summed E-state index contributed by atoms with van der Waals surface area (Å²) in [5.41, 5.74) is 1.84. The molecule has 1 saturated heterocycles. The normalized spacial score (nSPS) is 15.8. The molecule has 1 aliphatic heterocycles. The second-order valence-corrected chi connectivity index (χ2v) is 6.71. The second kappa shape index (κ2) is 9.78. The number of nitrogens with zero attached hydrogens (tertiary/aromatic N) is 3. The number of amidine groups is 1. The molecule has 1 aromatic carbocycles. The summed E-state index contributed by atoms with van der Waals surface area (Å²) in [5.74, 6) is -0.945. The van der Waals surface area contributed by atoms with Crippen LogP contribution in [0.25, 0.3) is 0 Å². The Morgan fingerprint density at radius 3 is 2.83 bits per heavy atom. The van der Waals surface area contributed by atoms with Crippen molar-refractivity contribution in [3.05, 3.63) is 89.5 Å². The number of amides is 1. The Labute approximate surface area is 174 Å². The van der Waals surface area contributed by atoms with Gasteiger partial charge in [-0.3, -0.25) is 9.78 Å². The highest BCUT2D eigenvalue weighted by Crippen LogP contribution is 2.17. The number of hydrogen-bond donors (Lipinski definition) is 2. The lowest BCUT2D eigenvalue weighted by Gasteiger charge is -2.32. The molecule has 3 rings (SSSR count). The fraction of sp³-hybridized carbons (Fsp3) is 0.227. The van der Waals surface area contributed by atoms with Crippen LogP contribution in [0.2, 0.25) is 0 Å². The summed E-state index contributed by atoms with van der Waals surface area (Å²) in [6.45, 7) is 7.18. The zero-order valence-corrected chi connectivity index (χ0v) is 16.7. The Balaban J connectivity index is 1.78. The van der Waals surface area contributed by atoms with Gasteiger partial charge < -0.3 is 15.5 Å². The molecule has 0 radical (unpaired) electrons. The number of carbonyl (C=O) groups is 1. The lowest BCUT2D eigenvalue weighted by Crippen LogP contribution is -2.46. The number of aliphatic imine (C=N–C) groups is 1. The van der Waals surface area contributed by atoms with Crippen LogP contribution in [0.5, 0.6) is 0 Å². The average molecular weight is 411 g/mol.